The zero-order valence-electron chi connectivity index (χ0n) is 14.7. The van der Waals surface area contributed by atoms with Crippen LogP contribution in [0.25, 0.3) is 33.6 Å². The number of aryl methyl sites for hydroxylation is 2. The molecule has 4 aromatic rings. The molecule has 2 N–H and O–H groups in total. The van der Waals surface area contributed by atoms with Crippen LogP contribution in [0.5, 0.6) is 0 Å². The molecular formula is C19H18N4O3. The van der Waals surface area contributed by atoms with Crippen LogP contribution in [-0.2, 0) is 7.05 Å². The van der Waals surface area contributed by atoms with Crippen molar-refractivity contribution in [1.29, 1.82) is 0 Å². The molecule has 1 atom stereocenters. The molecule has 0 saturated heterocycles. The monoisotopic (exact) mass is 350 g/mol. The van der Waals surface area contributed by atoms with E-state index in [1.54, 1.807) is 24.1 Å². The maximum atomic E-state index is 13.3. The number of fused-ring (bicyclic) bond motifs is 1. The van der Waals surface area contributed by atoms with Crippen molar-refractivity contribution in [2.24, 2.45) is 12.8 Å². The van der Waals surface area contributed by atoms with Gasteiger partial charge in [-0.3, -0.25) is 9.48 Å². The summed E-state index contributed by atoms with van der Waals surface area (Å²) in [4.78, 5) is 17.5. The van der Waals surface area contributed by atoms with Crippen LogP contribution in [0.1, 0.15) is 24.1 Å². The van der Waals surface area contributed by atoms with Crippen molar-refractivity contribution in [2.75, 3.05) is 0 Å². The third-order valence-corrected chi connectivity index (χ3v) is 4.31. The predicted octanol–water partition coefficient (Wildman–Crippen LogP) is 3.18. The van der Waals surface area contributed by atoms with Crippen molar-refractivity contribution in [3.63, 3.8) is 0 Å². The summed E-state index contributed by atoms with van der Waals surface area (Å²) in [6.45, 7) is 3.79. The molecule has 0 aliphatic carbocycles. The molecule has 0 bridgehead atoms. The maximum Gasteiger partial charge on any atom is 0.202 e. The standard InChI is InChI=1S/C19H18N4O3/c1-10-4-13(11(2)20)19-14(5-10)17(24)16(15-8-25-9-21-15)18(26-19)12-6-22-23(3)7-12/h4-9,11H,20H2,1-3H3/t11-/m1/s1. The van der Waals surface area contributed by atoms with Gasteiger partial charge in [0.25, 0.3) is 0 Å². The van der Waals surface area contributed by atoms with E-state index in [0.717, 1.165) is 11.1 Å². The highest BCUT2D eigenvalue weighted by molar-refractivity contribution is 5.90. The Balaban J connectivity index is 2.17. The van der Waals surface area contributed by atoms with Gasteiger partial charge in [0.2, 0.25) is 5.43 Å². The molecule has 0 aliphatic rings. The Morgan fingerprint density at radius 2 is 2.12 bits per heavy atom. The van der Waals surface area contributed by atoms with Crippen molar-refractivity contribution < 1.29 is 8.83 Å². The fourth-order valence-corrected chi connectivity index (χ4v) is 3.12. The molecule has 0 spiro atoms. The second kappa shape index (κ2) is 5.96. The lowest BCUT2D eigenvalue weighted by Gasteiger charge is -2.13. The molecule has 0 saturated carbocycles. The van der Waals surface area contributed by atoms with Gasteiger partial charge in [-0.15, -0.1) is 0 Å². The molecule has 0 amide bonds. The lowest BCUT2D eigenvalue weighted by atomic mass is 9.98. The van der Waals surface area contributed by atoms with Crippen molar-refractivity contribution in [3.05, 3.63) is 58.5 Å². The summed E-state index contributed by atoms with van der Waals surface area (Å²) in [6, 6.07) is 3.47. The van der Waals surface area contributed by atoms with Crippen molar-refractivity contribution in [1.82, 2.24) is 14.8 Å². The Hall–Kier alpha value is -3.19. The lowest BCUT2D eigenvalue weighted by molar-refractivity contribution is 0.558. The van der Waals surface area contributed by atoms with E-state index < -0.39 is 0 Å². The highest BCUT2D eigenvalue weighted by Gasteiger charge is 2.23. The topological polar surface area (TPSA) is 100 Å². The van der Waals surface area contributed by atoms with Crippen LogP contribution in [-0.4, -0.2) is 14.8 Å². The number of benzene rings is 1. The van der Waals surface area contributed by atoms with E-state index in [2.05, 4.69) is 10.1 Å². The molecule has 0 aliphatic heterocycles. The molecule has 3 aromatic heterocycles. The quantitative estimate of drug-likeness (QED) is 0.609. The first-order chi connectivity index (χ1) is 12.5. The zero-order chi connectivity index (χ0) is 18.4. The molecule has 0 fully saturated rings. The number of rotatable bonds is 3. The molecule has 26 heavy (non-hydrogen) atoms. The van der Waals surface area contributed by atoms with E-state index in [-0.39, 0.29) is 11.5 Å². The summed E-state index contributed by atoms with van der Waals surface area (Å²) in [6.07, 6.45) is 6.15. The minimum Gasteiger partial charge on any atom is -0.455 e. The Morgan fingerprint density at radius 1 is 1.31 bits per heavy atom. The number of nitrogens with two attached hydrogens (primary N) is 1. The van der Waals surface area contributed by atoms with E-state index in [4.69, 9.17) is 14.6 Å². The molecule has 3 heterocycles. The first-order valence-corrected chi connectivity index (χ1v) is 8.20. The molecule has 4 rings (SSSR count). The van der Waals surface area contributed by atoms with Crippen molar-refractivity contribution >= 4 is 11.0 Å². The fourth-order valence-electron chi connectivity index (χ4n) is 3.12. The predicted molar refractivity (Wildman–Crippen MR) is 97.5 cm³/mol. The molecule has 0 unspecified atom stereocenters. The third kappa shape index (κ3) is 2.53. The number of hydrogen-bond donors (Lipinski definition) is 1. The average molecular weight is 350 g/mol. The largest absolute Gasteiger partial charge is 0.455 e. The SMILES string of the molecule is Cc1cc([C@@H](C)N)c2oc(-c3cnn(C)c3)c(-c3cocn3)c(=O)c2c1. The van der Waals surface area contributed by atoms with Gasteiger partial charge >= 0.3 is 0 Å². The third-order valence-electron chi connectivity index (χ3n) is 4.31. The normalized spacial score (nSPS) is 12.6. The van der Waals surface area contributed by atoms with E-state index in [9.17, 15) is 4.79 Å². The van der Waals surface area contributed by atoms with E-state index in [1.807, 2.05) is 26.0 Å². The summed E-state index contributed by atoms with van der Waals surface area (Å²) in [5.74, 6) is 0.398. The van der Waals surface area contributed by atoms with Gasteiger partial charge in [-0.2, -0.15) is 5.10 Å². The van der Waals surface area contributed by atoms with Gasteiger partial charge in [-0.05, 0) is 25.5 Å². The Labute approximate surface area is 149 Å². The summed E-state index contributed by atoms with van der Waals surface area (Å²) >= 11 is 0. The Bertz CT molecular complexity index is 1150. The van der Waals surface area contributed by atoms with Crippen LogP contribution >= 0.6 is 0 Å². The van der Waals surface area contributed by atoms with Gasteiger partial charge in [-0.25, -0.2) is 4.98 Å². The van der Waals surface area contributed by atoms with E-state index >= 15 is 0 Å². The van der Waals surface area contributed by atoms with Crippen molar-refractivity contribution in [2.45, 2.75) is 19.9 Å². The highest BCUT2D eigenvalue weighted by Crippen LogP contribution is 2.34. The van der Waals surface area contributed by atoms with E-state index in [0.29, 0.717) is 33.6 Å². The maximum absolute atomic E-state index is 13.3. The smallest absolute Gasteiger partial charge is 0.202 e. The molecule has 1 aromatic carbocycles. The minimum absolute atomic E-state index is 0.176. The van der Waals surface area contributed by atoms with Gasteiger partial charge in [0.15, 0.2) is 12.2 Å². The number of nitrogens with zero attached hydrogens (tertiary/aromatic N) is 3. The lowest BCUT2D eigenvalue weighted by Crippen LogP contribution is -2.12. The first kappa shape index (κ1) is 16.3. The molecular weight excluding hydrogens is 332 g/mol. The summed E-state index contributed by atoms with van der Waals surface area (Å²) in [7, 11) is 1.80. The van der Waals surface area contributed by atoms with Crippen LogP contribution in [0.15, 0.2) is 50.8 Å². The van der Waals surface area contributed by atoms with E-state index in [1.165, 1.54) is 12.7 Å². The number of hydrogen-bond acceptors (Lipinski definition) is 6. The van der Waals surface area contributed by atoms with Gasteiger partial charge < -0.3 is 14.6 Å². The Morgan fingerprint density at radius 3 is 2.73 bits per heavy atom. The first-order valence-electron chi connectivity index (χ1n) is 8.20. The van der Waals surface area contributed by atoms with Crippen LogP contribution < -0.4 is 11.2 Å². The molecule has 0 radical (unpaired) electrons. The molecule has 7 nitrogen and oxygen atoms in total. The van der Waals surface area contributed by atoms with Gasteiger partial charge in [0.05, 0.1) is 22.7 Å². The second-order valence-corrected chi connectivity index (χ2v) is 6.43. The molecule has 7 heteroatoms. The number of oxazole rings is 1. The Kier molecular flexibility index (Phi) is 3.73. The average Bonchev–Trinajstić information content (AvgIpc) is 3.26. The highest BCUT2D eigenvalue weighted by atomic mass is 16.3. The van der Waals surface area contributed by atoms with Gasteiger partial charge in [0.1, 0.15) is 17.5 Å². The zero-order valence-corrected chi connectivity index (χ0v) is 14.7. The van der Waals surface area contributed by atoms with Crippen molar-refractivity contribution in [3.8, 4) is 22.6 Å². The van der Waals surface area contributed by atoms with Crippen LogP contribution in [0.3, 0.4) is 0 Å². The van der Waals surface area contributed by atoms with Crippen LogP contribution in [0.2, 0.25) is 0 Å². The number of aromatic nitrogens is 3. The van der Waals surface area contributed by atoms with Crippen LogP contribution in [0, 0.1) is 6.92 Å². The summed E-state index contributed by atoms with van der Waals surface area (Å²) in [5.41, 5.74) is 9.61. The fraction of sp³-hybridized carbons (Fsp3) is 0.211. The van der Waals surface area contributed by atoms with Gasteiger partial charge in [-0.1, -0.05) is 6.07 Å². The molecule has 132 valence electrons. The van der Waals surface area contributed by atoms with Crippen LogP contribution in [0.4, 0.5) is 0 Å². The van der Waals surface area contributed by atoms with Gasteiger partial charge in [0, 0.05) is 24.8 Å². The summed E-state index contributed by atoms with van der Waals surface area (Å²) in [5, 5.41) is 4.66. The second-order valence-electron chi connectivity index (χ2n) is 6.43. The minimum atomic E-state index is -0.278. The summed E-state index contributed by atoms with van der Waals surface area (Å²) < 4.78 is 13.0.